The zero-order valence-electron chi connectivity index (χ0n) is 16.6. The summed E-state index contributed by atoms with van der Waals surface area (Å²) in [4.78, 5) is 20.8. The molecule has 0 atom stereocenters. The standard InChI is InChI=1S/C24H24N4O/c1-17-20(18-11-5-2-6-12-18)24(29)28-23(25-17)22(27-15-9-4-10-16-27)21(26-28)19-13-7-3-8-14-19/h2-3,5-8,11-14,26H,4,9-10,15-16H2,1H3. The number of hydrogen-bond donors (Lipinski definition) is 1. The van der Waals surface area contributed by atoms with E-state index < -0.39 is 0 Å². The first-order valence-electron chi connectivity index (χ1n) is 10.2. The summed E-state index contributed by atoms with van der Waals surface area (Å²) in [5, 5.41) is 3.38. The van der Waals surface area contributed by atoms with Gasteiger partial charge in [0.15, 0.2) is 5.65 Å². The van der Waals surface area contributed by atoms with Gasteiger partial charge in [-0.15, -0.1) is 0 Å². The molecule has 0 radical (unpaired) electrons. The minimum atomic E-state index is -0.0564. The molecular weight excluding hydrogens is 360 g/mol. The number of aromatic nitrogens is 3. The molecule has 4 aromatic rings. The molecular formula is C24H24N4O. The van der Waals surface area contributed by atoms with E-state index in [0.29, 0.717) is 11.2 Å². The summed E-state index contributed by atoms with van der Waals surface area (Å²) in [5.41, 5.74) is 6.03. The molecule has 1 saturated heterocycles. The van der Waals surface area contributed by atoms with Crippen molar-refractivity contribution in [3.63, 3.8) is 0 Å². The molecule has 2 aromatic carbocycles. The van der Waals surface area contributed by atoms with Crippen molar-refractivity contribution in [3.8, 4) is 22.4 Å². The Labute approximate surface area is 169 Å². The third-order valence-electron chi connectivity index (χ3n) is 5.73. The van der Waals surface area contributed by atoms with E-state index in [9.17, 15) is 4.79 Å². The highest BCUT2D eigenvalue weighted by Gasteiger charge is 2.24. The van der Waals surface area contributed by atoms with Crippen molar-refractivity contribution < 1.29 is 0 Å². The van der Waals surface area contributed by atoms with Crippen LogP contribution in [0.4, 0.5) is 5.69 Å². The van der Waals surface area contributed by atoms with Crippen LogP contribution in [0.3, 0.4) is 0 Å². The van der Waals surface area contributed by atoms with Gasteiger partial charge in [0.1, 0.15) is 5.69 Å². The number of hydrogen-bond acceptors (Lipinski definition) is 3. The molecule has 0 saturated carbocycles. The summed E-state index contributed by atoms with van der Waals surface area (Å²) in [6.07, 6.45) is 3.58. The topological polar surface area (TPSA) is 53.4 Å². The Hall–Kier alpha value is -3.34. The summed E-state index contributed by atoms with van der Waals surface area (Å²) >= 11 is 0. The van der Waals surface area contributed by atoms with Crippen LogP contribution in [0, 0.1) is 6.92 Å². The van der Waals surface area contributed by atoms with Crippen LogP contribution in [-0.2, 0) is 0 Å². The number of benzene rings is 2. The second kappa shape index (κ2) is 7.24. The van der Waals surface area contributed by atoms with Gasteiger partial charge in [0.05, 0.1) is 17.0 Å². The van der Waals surface area contributed by atoms with E-state index in [4.69, 9.17) is 4.98 Å². The van der Waals surface area contributed by atoms with E-state index in [1.165, 1.54) is 6.42 Å². The molecule has 3 heterocycles. The van der Waals surface area contributed by atoms with Crippen LogP contribution in [0.5, 0.6) is 0 Å². The molecule has 0 bridgehead atoms. The fraction of sp³-hybridized carbons (Fsp3) is 0.250. The SMILES string of the molecule is Cc1nc2c(N3CCCCC3)c(-c3ccccc3)[nH]n2c(=O)c1-c1ccccc1. The Balaban J connectivity index is 1.80. The van der Waals surface area contributed by atoms with Gasteiger partial charge in [-0.25, -0.2) is 4.98 Å². The Kier molecular flexibility index (Phi) is 4.43. The molecule has 146 valence electrons. The maximum absolute atomic E-state index is 13.5. The highest BCUT2D eigenvalue weighted by molar-refractivity contribution is 5.86. The molecule has 1 aliphatic rings. The quantitative estimate of drug-likeness (QED) is 0.559. The molecule has 5 rings (SSSR count). The highest BCUT2D eigenvalue weighted by Crippen LogP contribution is 2.35. The molecule has 5 nitrogen and oxygen atoms in total. The Morgan fingerprint density at radius 3 is 2.14 bits per heavy atom. The van der Waals surface area contributed by atoms with Gasteiger partial charge in [-0.2, -0.15) is 4.52 Å². The first-order chi connectivity index (χ1) is 14.2. The van der Waals surface area contributed by atoms with E-state index >= 15 is 0 Å². The molecule has 5 heteroatoms. The number of aryl methyl sites for hydroxylation is 1. The summed E-state index contributed by atoms with van der Waals surface area (Å²) < 4.78 is 1.63. The van der Waals surface area contributed by atoms with E-state index in [2.05, 4.69) is 22.1 Å². The average Bonchev–Trinajstić information content (AvgIpc) is 3.15. The third kappa shape index (κ3) is 3.03. The molecule has 2 aromatic heterocycles. The normalized spacial score (nSPS) is 14.4. The van der Waals surface area contributed by atoms with Gasteiger partial charge in [0, 0.05) is 18.7 Å². The van der Waals surface area contributed by atoms with E-state index in [0.717, 1.165) is 54.1 Å². The predicted octanol–water partition coefficient (Wildman–Crippen LogP) is 4.66. The zero-order valence-corrected chi connectivity index (χ0v) is 16.6. The van der Waals surface area contributed by atoms with Crippen LogP contribution < -0.4 is 10.5 Å². The largest absolute Gasteiger partial charge is 0.367 e. The van der Waals surface area contributed by atoms with Crippen molar-refractivity contribution in [1.82, 2.24) is 14.6 Å². The Morgan fingerprint density at radius 2 is 1.48 bits per heavy atom. The van der Waals surface area contributed by atoms with Crippen LogP contribution in [-0.4, -0.2) is 27.7 Å². The molecule has 0 spiro atoms. The number of anilines is 1. The first kappa shape index (κ1) is 17.7. The molecule has 1 N–H and O–H groups in total. The lowest BCUT2D eigenvalue weighted by Gasteiger charge is -2.28. The number of piperidine rings is 1. The minimum absolute atomic E-state index is 0.0564. The van der Waals surface area contributed by atoms with Crippen LogP contribution >= 0.6 is 0 Å². The van der Waals surface area contributed by atoms with Gasteiger partial charge in [-0.3, -0.25) is 9.89 Å². The van der Waals surface area contributed by atoms with Crippen molar-refractivity contribution in [2.45, 2.75) is 26.2 Å². The van der Waals surface area contributed by atoms with Crippen molar-refractivity contribution in [2.24, 2.45) is 0 Å². The number of rotatable bonds is 3. The highest BCUT2D eigenvalue weighted by atomic mass is 16.1. The van der Waals surface area contributed by atoms with E-state index in [1.54, 1.807) is 4.52 Å². The molecule has 1 aliphatic heterocycles. The average molecular weight is 384 g/mol. The summed E-state index contributed by atoms with van der Waals surface area (Å²) in [6, 6.07) is 20.0. The number of nitrogens with one attached hydrogen (secondary N) is 1. The van der Waals surface area contributed by atoms with E-state index in [-0.39, 0.29) is 5.56 Å². The number of aromatic amines is 1. The van der Waals surface area contributed by atoms with E-state index in [1.807, 2.05) is 55.5 Å². The lowest BCUT2D eigenvalue weighted by molar-refractivity contribution is 0.579. The molecule has 1 fully saturated rings. The summed E-state index contributed by atoms with van der Waals surface area (Å²) in [5.74, 6) is 0. The monoisotopic (exact) mass is 384 g/mol. The van der Waals surface area contributed by atoms with Gasteiger partial charge in [-0.05, 0) is 31.7 Å². The lowest BCUT2D eigenvalue weighted by Crippen LogP contribution is -2.30. The second-order valence-electron chi connectivity index (χ2n) is 7.65. The fourth-order valence-electron chi connectivity index (χ4n) is 4.33. The van der Waals surface area contributed by atoms with Crippen LogP contribution in [0.15, 0.2) is 65.5 Å². The van der Waals surface area contributed by atoms with Gasteiger partial charge in [0.25, 0.3) is 5.56 Å². The number of fused-ring (bicyclic) bond motifs is 1. The van der Waals surface area contributed by atoms with Crippen molar-refractivity contribution in [1.29, 1.82) is 0 Å². The maximum atomic E-state index is 13.5. The predicted molar refractivity (Wildman–Crippen MR) is 117 cm³/mol. The molecule has 29 heavy (non-hydrogen) atoms. The number of H-pyrrole nitrogens is 1. The third-order valence-corrected chi connectivity index (χ3v) is 5.73. The second-order valence-corrected chi connectivity index (χ2v) is 7.65. The molecule has 0 amide bonds. The van der Waals surface area contributed by atoms with Crippen LogP contribution in [0.1, 0.15) is 25.0 Å². The first-order valence-corrected chi connectivity index (χ1v) is 10.2. The Morgan fingerprint density at radius 1 is 0.862 bits per heavy atom. The van der Waals surface area contributed by atoms with Gasteiger partial charge < -0.3 is 4.90 Å². The smallest absolute Gasteiger partial charge is 0.280 e. The minimum Gasteiger partial charge on any atom is -0.367 e. The van der Waals surface area contributed by atoms with Crippen molar-refractivity contribution >= 4 is 11.3 Å². The van der Waals surface area contributed by atoms with Crippen LogP contribution in [0.25, 0.3) is 28.0 Å². The summed E-state index contributed by atoms with van der Waals surface area (Å²) in [7, 11) is 0. The number of nitrogens with zero attached hydrogens (tertiary/aromatic N) is 3. The summed E-state index contributed by atoms with van der Waals surface area (Å²) in [6.45, 7) is 3.91. The lowest BCUT2D eigenvalue weighted by atomic mass is 10.1. The van der Waals surface area contributed by atoms with Crippen molar-refractivity contribution in [2.75, 3.05) is 18.0 Å². The van der Waals surface area contributed by atoms with Gasteiger partial charge in [0.2, 0.25) is 0 Å². The zero-order chi connectivity index (χ0) is 19.8. The van der Waals surface area contributed by atoms with Gasteiger partial charge in [-0.1, -0.05) is 60.7 Å². The maximum Gasteiger partial charge on any atom is 0.280 e. The fourth-order valence-corrected chi connectivity index (χ4v) is 4.33. The van der Waals surface area contributed by atoms with Crippen molar-refractivity contribution in [3.05, 3.63) is 76.7 Å². The Bertz CT molecular complexity index is 1200. The van der Waals surface area contributed by atoms with Crippen LogP contribution in [0.2, 0.25) is 0 Å². The molecule has 0 unspecified atom stereocenters. The molecule has 0 aliphatic carbocycles. The van der Waals surface area contributed by atoms with Gasteiger partial charge >= 0.3 is 0 Å².